The lowest BCUT2D eigenvalue weighted by Crippen LogP contribution is -2.26. The fourth-order valence-electron chi connectivity index (χ4n) is 0.486. The van der Waals surface area contributed by atoms with Gasteiger partial charge < -0.3 is 0 Å². The number of rotatable bonds is 4. The van der Waals surface area contributed by atoms with Gasteiger partial charge in [0, 0.05) is 29.6 Å². The lowest BCUT2D eigenvalue weighted by Gasteiger charge is -1.95. The van der Waals surface area contributed by atoms with Gasteiger partial charge in [0.1, 0.15) is 0 Å². The van der Waals surface area contributed by atoms with Crippen molar-refractivity contribution in [3.05, 3.63) is 12.1 Å². The van der Waals surface area contributed by atoms with E-state index in [-0.39, 0.29) is 6.49 Å². The molecule has 0 saturated carbocycles. The molecule has 0 aliphatic carbocycles. The van der Waals surface area contributed by atoms with Crippen molar-refractivity contribution in [3.63, 3.8) is 0 Å². The summed E-state index contributed by atoms with van der Waals surface area (Å²) in [7, 11) is 13.8. The van der Waals surface area contributed by atoms with Gasteiger partial charge in [-0.05, 0) is 6.42 Å². The van der Waals surface area contributed by atoms with Gasteiger partial charge in [0.25, 0.3) is 0 Å². The van der Waals surface area contributed by atoms with Crippen LogP contribution < -0.4 is 0 Å². The Morgan fingerprint density at radius 2 is 2.33 bits per heavy atom. The van der Waals surface area contributed by atoms with Crippen molar-refractivity contribution >= 4 is 36.1 Å². The molecule has 0 fully saturated rings. The van der Waals surface area contributed by atoms with E-state index in [9.17, 15) is 0 Å². The van der Waals surface area contributed by atoms with Crippen molar-refractivity contribution in [2.75, 3.05) is 0 Å². The minimum absolute atomic E-state index is 0.0186. The van der Waals surface area contributed by atoms with E-state index in [2.05, 4.69) is 6.92 Å². The van der Waals surface area contributed by atoms with Crippen LogP contribution in [-0.2, 0) is 0 Å². The van der Waals surface area contributed by atoms with E-state index in [1.807, 2.05) is 12.1 Å². The molecule has 5 heteroatoms. The van der Waals surface area contributed by atoms with Crippen molar-refractivity contribution < 1.29 is 0 Å². The second kappa shape index (κ2) is 6.19. The third-order valence-corrected chi connectivity index (χ3v) is 0.927. The van der Waals surface area contributed by atoms with E-state index in [1.54, 1.807) is 7.06 Å². The molecule has 0 aromatic rings. The first-order valence-electron chi connectivity index (χ1n) is 3.12. The summed E-state index contributed by atoms with van der Waals surface area (Å²) < 4.78 is 0. The Balaban J connectivity index is 3.25. The second-order valence-electron chi connectivity index (χ2n) is 1.80. The minimum Gasteiger partial charge on any atom is -0.138 e. The van der Waals surface area contributed by atoms with Gasteiger partial charge in [-0.1, -0.05) is 13.0 Å². The van der Waals surface area contributed by atoms with Crippen LogP contribution in [-0.4, -0.2) is 36.1 Å². The Kier molecular flexibility index (Phi) is 6.23. The molecular formula is C4H7B5. The summed E-state index contributed by atoms with van der Waals surface area (Å²) >= 11 is 0. The van der Waals surface area contributed by atoms with Crippen molar-refractivity contribution in [3.8, 4) is 0 Å². The standard InChI is InChI=1S/C4H7B5/c1-2-3-4-9(6)8-7-5/h3-4H,2H2,1H3. The molecule has 0 aromatic heterocycles. The highest BCUT2D eigenvalue weighted by Gasteiger charge is 1.96. The Labute approximate surface area is 62.2 Å². The number of hydrogen-bond acceptors (Lipinski definition) is 0. The van der Waals surface area contributed by atoms with Crippen LogP contribution in [0, 0.1) is 0 Å². The van der Waals surface area contributed by atoms with E-state index in [0.717, 1.165) is 6.42 Å². The van der Waals surface area contributed by atoms with Crippen LogP contribution in [0.5, 0.6) is 0 Å². The third kappa shape index (κ3) is 5.94. The van der Waals surface area contributed by atoms with Crippen molar-refractivity contribution in [1.82, 2.24) is 0 Å². The smallest absolute Gasteiger partial charge is 0.0708 e. The Hall–Kier alpha value is 0.0647. The molecular weight excluding hydrogens is 102 g/mol. The summed E-state index contributed by atoms with van der Waals surface area (Å²) in [5, 5.41) is 0. The summed E-state index contributed by atoms with van der Waals surface area (Å²) in [4.78, 5) is 0. The molecule has 0 spiro atoms. The zero-order valence-corrected chi connectivity index (χ0v) is 5.75. The van der Waals surface area contributed by atoms with Crippen molar-refractivity contribution in [2.24, 2.45) is 0 Å². The summed E-state index contributed by atoms with van der Waals surface area (Å²) in [6.45, 7) is 2.05. The second-order valence-corrected chi connectivity index (χ2v) is 1.80. The first-order chi connectivity index (χ1) is 4.31. The van der Waals surface area contributed by atoms with E-state index in [4.69, 9.17) is 15.5 Å². The molecule has 0 heterocycles. The van der Waals surface area contributed by atoms with Gasteiger partial charge in [0.2, 0.25) is 0 Å². The minimum atomic E-state index is -0.0186. The lowest BCUT2D eigenvalue weighted by atomic mass is 8.98. The van der Waals surface area contributed by atoms with Gasteiger partial charge in [-0.2, -0.15) is 0 Å². The maximum atomic E-state index is 5.52. The van der Waals surface area contributed by atoms with Gasteiger partial charge in [0.05, 0.1) is 6.49 Å². The van der Waals surface area contributed by atoms with Gasteiger partial charge >= 0.3 is 0 Å². The molecule has 0 aromatic carbocycles. The predicted octanol–water partition coefficient (Wildman–Crippen LogP) is -0.445. The summed E-state index contributed by atoms with van der Waals surface area (Å²) in [6, 6.07) is 0. The van der Waals surface area contributed by atoms with Crippen LogP contribution in [0.25, 0.3) is 0 Å². The zero-order chi connectivity index (χ0) is 7.11. The highest BCUT2D eigenvalue weighted by atomic mass is 13.6. The van der Waals surface area contributed by atoms with Crippen molar-refractivity contribution in [1.29, 1.82) is 0 Å². The zero-order valence-electron chi connectivity index (χ0n) is 5.75. The summed E-state index contributed by atoms with van der Waals surface area (Å²) in [6.07, 6.45) is 3.04. The van der Waals surface area contributed by atoms with Gasteiger partial charge in [-0.15, -0.1) is 5.98 Å². The molecule has 0 atom stereocenters. The molecule has 0 aliphatic rings. The summed E-state index contributed by atoms with van der Waals surface area (Å²) in [5.74, 6) is 1.92. The first kappa shape index (κ1) is 9.06. The molecule has 0 nitrogen and oxygen atoms in total. The van der Waals surface area contributed by atoms with E-state index < -0.39 is 0 Å². The molecule has 0 amide bonds. The molecule has 0 N–H and O–H groups in total. The Bertz CT molecular complexity index is 81.0. The molecule has 9 heavy (non-hydrogen) atoms. The van der Waals surface area contributed by atoms with E-state index in [0.29, 0.717) is 0 Å². The normalized spacial score (nSPS) is 9.44. The van der Waals surface area contributed by atoms with Crippen LogP contribution >= 0.6 is 0 Å². The monoisotopic (exact) mass is 110 g/mol. The average molecular weight is 109 g/mol. The Morgan fingerprint density at radius 3 is 2.78 bits per heavy atom. The fourth-order valence-corrected chi connectivity index (χ4v) is 0.486. The summed E-state index contributed by atoms with van der Waals surface area (Å²) in [5.41, 5.74) is 0. The first-order valence-corrected chi connectivity index (χ1v) is 3.12. The largest absolute Gasteiger partial charge is 0.138 e. The topological polar surface area (TPSA) is 0 Å². The van der Waals surface area contributed by atoms with Gasteiger partial charge in [0.15, 0.2) is 0 Å². The van der Waals surface area contributed by atoms with Crippen LogP contribution in [0.4, 0.5) is 0 Å². The molecule has 6 radical (unpaired) electrons. The molecule has 38 valence electrons. The quantitative estimate of drug-likeness (QED) is 0.429. The highest BCUT2D eigenvalue weighted by Crippen LogP contribution is 1.80. The van der Waals surface area contributed by atoms with E-state index in [1.165, 1.54) is 7.06 Å². The van der Waals surface area contributed by atoms with Crippen molar-refractivity contribution in [2.45, 2.75) is 13.3 Å². The molecule has 0 rings (SSSR count). The van der Waals surface area contributed by atoms with Crippen LogP contribution in [0.3, 0.4) is 0 Å². The molecule has 0 saturated heterocycles. The van der Waals surface area contributed by atoms with Crippen LogP contribution in [0.15, 0.2) is 12.1 Å². The average Bonchev–Trinajstić information content (AvgIpc) is 1.85. The van der Waals surface area contributed by atoms with E-state index >= 15 is 0 Å². The van der Waals surface area contributed by atoms with Crippen LogP contribution in [0.2, 0.25) is 0 Å². The maximum absolute atomic E-state index is 5.52. The molecule has 0 unspecified atom stereocenters. The Morgan fingerprint density at radius 1 is 1.67 bits per heavy atom. The fraction of sp³-hybridized carbons (Fsp3) is 0.500. The van der Waals surface area contributed by atoms with Gasteiger partial charge in [-0.3, -0.25) is 0 Å². The number of hydrogen-bond donors (Lipinski definition) is 0. The lowest BCUT2D eigenvalue weighted by molar-refractivity contribution is 1.23. The van der Waals surface area contributed by atoms with Crippen LogP contribution in [0.1, 0.15) is 13.3 Å². The van der Waals surface area contributed by atoms with Gasteiger partial charge in [-0.25, -0.2) is 0 Å². The predicted molar refractivity (Wildman–Crippen MR) is 48.2 cm³/mol. The molecule has 0 aliphatic heterocycles. The molecule has 0 bridgehead atoms. The highest BCUT2D eigenvalue weighted by molar-refractivity contribution is 7.56. The number of allylic oxidation sites excluding steroid dienone is 1. The maximum Gasteiger partial charge on any atom is 0.0708 e. The SMILES string of the molecule is [B][B][B]B([B])C=CCC. The third-order valence-electron chi connectivity index (χ3n) is 0.927.